The molecule has 0 saturated carbocycles. The molecule has 196 valence electrons. The van der Waals surface area contributed by atoms with Gasteiger partial charge >= 0.3 is 0 Å². The Hall–Kier alpha value is -3.71. The number of rotatable bonds is 6. The standard InChI is InChI=1S/C31H33N3O3S/c1-7-34-27-15-20(2)22(16-26(27)21(3)18-31(34,4)5)17-28-29(35)33(19-25-9-8-14-37-25)30(38-28)32-23-10-12-24(36-6)13-11-23/h8-18H,7,19H2,1-6H3/b28-17+,32-30?. The van der Waals surface area contributed by atoms with Gasteiger partial charge in [0.2, 0.25) is 0 Å². The average molecular weight is 528 g/mol. The highest BCUT2D eigenvalue weighted by Gasteiger charge is 2.35. The molecule has 2 aliphatic rings. The molecule has 2 aromatic carbocycles. The van der Waals surface area contributed by atoms with Crippen molar-refractivity contribution in [2.24, 2.45) is 4.99 Å². The van der Waals surface area contributed by atoms with Crippen molar-refractivity contribution in [2.75, 3.05) is 18.6 Å². The van der Waals surface area contributed by atoms with Crippen LogP contribution in [0.4, 0.5) is 11.4 Å². The van der Waals surface area contributed by atoms with Gasteiger partial charge in [0.25, 0.3) is 5.91 Å². The van der Waals surface area contributed by atoms with E-state index < -0.39 is 0 Å². The molecule has 0 atom stereocenters. The molecule has 0 bridgehead atoms. The Bertz CT molecular complexity index is 1450. The first-order valence-corrected chi connectivity index (χ1v) is 13.6. The summed E-state index contributed by atoms with van der Waals surface area (Å²) in [4.78, 5) is 23.2. The van der Waals surface area contributed by atoms with Crippen LogP contribution in [-0.4, -0.2) is 35.2 Å². The molecule has 0 radical (unpaired) electrons. The zero-order valence-electron chi connectivity index (χ0n) is 22.7. The molecule has 0 unspecified atom stereocenters. The van der Waals surface area contributed by atoms with Crippen molar-refractivity contribution in [1.29, 1.82) is 0 Å². The van der Waals surface area contributed by atoms with Crippen LogP contribution in [0.15, 0.2) is 75.2 Å². The number of thioether (sulfide) groups is 1. The van der Waals surface area contributed by atoms with Crippen LogP contribution in [0.25, 0.3) is 11.6 Å². The molecule has 3 heterocycles. The van der Waals surface area contributed by atoms with Gasteiger partial charge < -0.3 is 14.1 Å². The Labute approximate surface area is 228 Å². The molecule has 2 aliphatic heterocycles. The van der Waals surface area contributed by atoms with E-state index in [9.17, 15) is 4.79 Å². The Morgan fingerprint density at radius 3 is 2.55 bits per heavy atom. The number of ether oxygens (including phenoxy) is 1. The van der Waals surface area contributed by atoms with Crippen LogP contribution in [-0.2, 0) is 11.3 Å². The predicted molar refractivity (Wildman–Crippen MR) is 157 cm³/mol. The summed E-state index contributed by atoms with van der Waals surface area (Å²) in [5.74, 6) is 1.38. The van der Waals surface area contributed by atoms with E-state index in [0.29, 0.717) is 22.4 Å². The number of aryl methyl sites for hydroxylation is 1. The van der Waals surface area contributed by atoms with Crippen LogP contribution in [0.5, 0.6) is 5.75 Å². The number of nitrogens with zero attached hydrogens (tertiary/aromatic N) is 3. The highest BCUT2D eigenvalue weighted by molar-refractivity contribution is 8.18. The van der Waals surface area contributed by atoms with Gasteiger partial charge in [-0.3, -0.25) is 9.69 Å². The average Bonchev–Trinajstić information content (AvgIpc) is 3.49. The number of amides is 1. The minimum absolute atomic E-state index is 0.0469. The van der Waals surface area contributed by atoms with Crippen LogP contribution in [0.2, 0.25) is 0 Å². The van der Waals surface area contributed by atoms with Crippen LogP contribution in [0, 0.1) is 6.92 Å². The molecule has 0 spiro atoms. The summed E-state index contributed by atoms with van der Waals surface area (Å²) in [5.41, 5.74) is 6.57. The van der Waals surface area contributed by atoms with Gasteiger partial charge in [-0.05, 0) is 118 Å². The fraction of sp³-hybridized carbons (Fsp3) is 0.290. The monoisotopic (exact) mass is 527 g/mol. The van der Waals surface area contributed by atoms with Crippen molar-refractivity contribution in [2.45, 2.75) is 46.7 Å². The second-order valence-corrected chi connectivity index (χ2v) is 11.1. The summed E-state index contributed by atoms with van der Waals surface area (Å²) in [6.45, 7) is 12.2. The molecule has 1 saturated heterocycles. The van der Waals surface area contributed by atoms with Gasteiger partial charge in [-0.2, -0.15) is 0 Å². The number of hydrogen-bond acceptors (Lipinski definition) is 6. The summed E-state index contributed by atoms with van der Waals surface area (Å²) in [6, 6.07) is 15.6. The second kappa shape index (κ2) is 10.2. The van der Waals surface area contributed by atoms with Gasteiger partial charge in [0, 0.05) is 17.8 Å². The van der Waals surface area contributed by atoms with E-state index in [0.717, 1.165) is 29.1 Å². The highest BCUT2D eigenvalue weighted by Crippen LogP contribution is 2.42. The number of fused-ring (bicyclic) bond motifs is 1. The molecule has 38 heavy (non-hydrogen) atoms. The number of anilines is 1. The van der Waals surface area contributed by atoms with E-state index in [1.54, 1.807) is 18.3 Å². The van der Waals surface area contributed by atoms with Crippen LogP contribution >= 0.6 is 11.8 Å². The first kappa shape index (κ1) is 25.9. The molecule has 0 aliphatic carbocycles. The number of furan rings is 1. The number of hydrogen-bond donors (Lipinski definition) is 0. The molecule has 5 rings (SSSR count). The number of benzene rings is 2. The van der Waals surface area contributed by atoms with Gasteiger partial charge in [-0.25, -0.2) is 4.99 Å². The first-order valence-electron chi connectivity index (χ1n) is 12.8. The highest BCUT2D eigenvalue weighted by atomic mass is 32.2. The fourth-order valence-corrected chi connectivity index (χ4v) is 6.16. The summed E-state index contributed by atoms with van der Waals surface area (Å²) in [7, 11) is 1.63. The first-order chi connectivity index (χ1) is 18.2. The van der Waals surface area contributed by atoms with Crippen LogP contribution in [0.3, 0.4) is 0 Å². The molecule has 3 aromatic rings. The van der Waals surface area contributed by atoms with Crippen molar-refractivity contribution < 1.29 is 13.9 Å². The number of likely N-dealkylation sites (N-methyl/N-ethyl adjacent to an activating group) is 1. The third-order valence-corrected chi connectivity index (χ3v) is 8.05. The van der Waals surface area contributed by atoms with Crippen LogP contribution < -0.4 is 9.64 Å². The molecule has 1 fully saturated rings. The number of carbonyl (C=O) groups excluding carboxylic acids is 1. The molecule has 0 N–H and O–H groups in total. The summed E-state index contributed by atoms with van der Waals surface area (Å²) < 4.78 is 10.8. The van der Waals surface area contributed by atoms with E-state index in [2.05, 4.69) is 57.7 Å². The smallest absolute Gasteiger partial charge is 0.267 e. The summed E-state index contributed by atoms with van der Waals surface area (Å²) in [5, 5.41) is 0.619. The number of allylic oxidation sites excluding steroid dienone is 1. The molecular weight excluding hydrogens is 494 g/mol. The number of aliphatic imine (C=N–C) groups is 1. The zero-order chi connectivity index (χ0) is 27.0. The lowest BCUT2D eigenvalue weighted by Gasteiger charge is -2.43. The van der Waals surface area contributed by atoms with Gasteiger partial charge in [0.15, 0.2) is 5.17 Å². The molecule has 7 heteroatoms. The van der Waals surface area contributed by atoms with Gasteiger partial charge in [0.05, 0.1) is 36.0 Å². The largest absolute Gasteiger partial charge is 0.497 e. The van der Waals surface area contributed by atoms with Crippen LogP contribution in [0.1, 0.15) is 50.1 Å². The third-order valence-electron chi connectivity index (χ3n) is 7.05. The predicted octanol–water partition coefficient (Wildman–Crippen LogP) is 7.42. The summed E-state index contributed by atoms with van der Waals surface area (Å²) in [6.07, 6.45) is 5.94. The van der Waals surface area contributed by atoms with Gasteiger partial charge in [0.1, 0.15) is 11.5 Å². The summed E-state index contributed by atoms with van der Waals surface area (Å²) >= 11 is 1.39. The Balaban J connectivity index is 1.53. The number of carbonyl (C=O) groups is 1. The fourth-order valence-electron chi connectivity index (χ4n) is 5.18. The molecule has 1 amide bonds. The van der Waals surface area contributed by atoms with Crippen molar-refractivity contribution in [1.82, 2.24) is 4.90 Å². The van der Waals surface area contributed by atoms with E-state index in [1.165, 1.54) is 28.6 Å². The lowest BCUT2D eigenvalue weighted by Crippen LogP contribution is -2.44. The molecule has 1 aromatic heterocycles. The number of amidine groups is 1. The third kappa shape index (κ3) is 4.90. The Kier molecular flexibility index (Phi) is 6.97. The van der Waals surface area contributed by atoms with Gasteiger partial charge in [-0.1, -0.05) is 6.08 Å². The molecular formula is C31H33N3O3S. The minimum Gasteiger partial charge on any atom is -0.497 e. The Morgan fingerprint density at radius 2 is 1.89 bits per heavy atom. The van der Waals surface area contributed by atoms with E-state index in [4.69, 9.17) is 14.1 Å². The molecule has 6 nitrogen and oxygen atoms in total. The van der Waals surface area contributed by atoms with E-state index in [-0.39, 0.29) is 11.4 Å². The topological polar surface area (TPSA) is 58.3 Å². The Morgan fingerprint density at radius 1 is 1.13 bits per heavy atom. The maximum absolute atomic E-state index is 13.7. The van der Waals surface area contributed by atoms with E-state index in [1.807, 2.05) is 42.5 Å². The van der Waals surface area contributed by atoms with Gasteiger partial charge in [-0.15, -0.1) is 0 Å². The zero-order valence-corrected chi connectivity index (χ0v) is 23.6. The lowest BCUT2D eigenvalue weighted by molar-refractivity contribution is -0.122. The van der Waals surface area contributed by atoms with Crippen molar-refractivity contribution in [3.05, 3.63) is 88.2 Å². The lowest BCUT2D eigenvalue weighted by atomic mass is 9.87. The quantitative estimate of drug-likeness (QED) is 0.312. The van der Waals surface area contributed by atoms with Crippen molar-refractivity contribution in [3.8, 4) is 5.75 Å². The minimum atomic E-state index is -0.0839. The SMILES string of the molecule is CCN1c2cc(C)c(/C=C3/SC(=Nc4ccc(OC)cc4)N(Cc4ccco4)C3=O)cc2C(C)=CC1(C)C. The van der Waals surface area contributed by atoms with Crippen molar-refractivity contribution in [3.63, 3.8) is 0 Å². The van der Waals surface area contributed by atoms with E-state index >= 15 is 0 Å². The maximum Gasteiger partial charge on any atom is 0.267 e. The number of methoxy groups -OCH3 is 1. The van der Waals surface area contributed by atoms with Crippen molar-refractivity contribution >= 4 is 45.9 Å². The maximum atomic E-state index is 13.7. The normalized spacial score (nSPS) is 18.8. The second-order valence-electron chi connectivity index (χ2n) is 10.1.